The number of nitrogens with zero attached hydrogens (tertiary/aromatic N) is 3. The van der Waals surface area contributed by atoms with E-state index in [4.69, 9.17) is 0 Å². The van der Waals surface area contributed by atoms with Gasteiger partial charge in [-0.3, -0.25) is 9.55 Å². The Labute approximate surface area is 180 Å². The number of aromatic hydroxyl groups is 1. The molecule has 10 heteroatoms. The molecule has 4 rings (SSSR count). The summed E-state index contributed by atoms with van der Waals surface area (Å²) in [5.74, 6) is -0.281. The summed E-state index contributed by atoms with van der Waals surface area (Å²) in [7, 11) is 0. The van der Waals surface area contributed by atoms with E-state index >= 15 is 0 Å². The maximum Gasteiger partial charge on any atom is 0.446 e. The summed E-state index contributed by atoms with van der Waals surface area (Å²) in [6, 6.07) is 8.65. The smallest absolute Gasteiger partial charge is 0.446 e. The molecule has 2 N–H and O–H groups in total. The van der Waals surface area contributed by atoms with Crippen LogP contribution in [0.2, 0.25) is 0 Å². The van der Waals surface area contributed by atoms with Crippen LogP contribution in [-0.2, 0) is 0 Å². The van der Waals surface area contributed by atoms with Crippen molar-refractivity contribution in [2.45, 2.75) is 41.7 Å². The largest absolute Gasteiger partial charge is 0.493 e. The van der Waals surface area contributed by atoms with Crippen molar-refractivity contribution in [2.24, 2.45) is 0 Å². The summed E-state index contributed by atoms with van der Waals surface area (Å²) < 4.78 is 40.3. The Morgan fingerprint density at radius 2 is 1.84 bits per heavy atom. The van der Waals surface area contributed by atoms with Gasteiger partial charge in [-0.2, -0.15) is 13.2 Å². The number of benzene rings is 1. The summed E-state index contributed by atoms with van der Waals surface area (Å²) in [5, 5.41) is 14.0. The van der Waals surface area contributed by atoms with Gasteiger partial charge in [-0.05, 0) is 73.1 Å². The predicted molar refractivity (Wildman–Crippen MR) is 112 cm³/mol. The molecule has 3 aromatic rings. The highest BCUT2D eigenvalue weighted by molar-refractivity contribution is 8.00. The van der Waals surface area contributed by atoms with E-state index in [-0.39, 0.29) is 40.3 Å². The molecule has 0 saturated carbocycles. The second-order valence-electron chi connectivity index (χ2n) is 7.34. The van der Waals surface area contributed by atoms with Crippen molar-refractivity contribution in [3.8, 4) is 11.6 Å². The Kier molecular flexibility index (Phi) is 6.10. The molecule has 2 unspecified atom stereocenters. The highest BCUT2D eigenvalue weighted by Crippen LogP contribution is 2.37. The molecular weight excluding hydrogens is 429 g/mol. The molecule has 6 nitrogen and oxygen atoms in total. The lowest BCUT2D eigenvalue weighted by molar-refractivity contribution is -0.0328. The third kappa shape index (κ3) is 4.80. The molecule has 1 aliphatic rings. The van der Waals surface area contributed by atoms with Gasteiger partial charge >= 0.3 is 11.2 Å². The number of halogens is 3. The van der Waals surface area contributed by atoms with Crippen LogP contribution in [0.1, 0.15) is 30.9 Å². The number of piperidine rings is 1. The number of aromatic nitrogens is 3. The van der Waals surface area contributed by atoms with Crippen LogP contribution in [0.15, 0.2) is 64.7 Å². The summed E-state index contributed by atoms with van der Waals surface area (Å²) in [4.78, 5) is 17.4. The second kappa shape index (κ2) is 8.80. The fourth-order valence-corrected chi connectivity index (χ4v) is 4.52. The first kappa shape index (κ1) is 21.5. The van der Waals surface area contributed by atoms with Gasteiger partial charge in [0, 0.05) is 23.3 Å². The number of rotatable bonds is 5. The average Bonchev–Trinajstić information content (AvgIpc) is 3.03. The second-order valence-corrected chi connectivity index (χ2v) is 8.47. The lowest BCUT2D eigenvalue weighted by atomic mass is 9.93. The molecule has 2 atom stereocenters. The minimum absolute atomic E-state index is 0.00397. The number of thioether (sulfide) groups is 1. The zero-order valence-electron chi connectivity index (χ0n) is 16.4. The van der Waals surface area contributed by atoms with Gasteiger partial charge in [-0.25, -0.2) is 9.36 Å². The molecule has 31 heavy (non-hydrogen) atoms. The van der Waals surface area contributed by atoms with E-state index in [1.165, 1.54) is 35.0 Å². The van der Waals surface area contributed by atoms with Crippen LogP contribution in [0.5, 0.6) is 5.88 Å². The van der Waals surface area contributed by atoms with Crippen LogP contribution in [-0.4, -0.2) is 37.3 Å². The molecule has 1 fully saturated rings. The summed E-state index contributed by atoms with van der Waals surface area (Å²) in [6.07, 6.45) is 7.65. The Balaban J connectivity index is 1.73. The number of alkyl halides is 3. The van der Waals surface area contributed by atoms with Gasteiger partial charge < -0.3 is 10.4 Å². The lowest BCUT2D eigenvalue weighted by Crippen LogP contribution is -2.44. The van der Waals surface area contributed by atoms with E-state index < -0.39 is 11.2 Å². The first-order valence-corrected chi connectivity index (χ1v) is 10.7. The summed E-state index contributed by atoms with van der Waals surface area (Å²) in [5.41, 5.74) is -3.69. The quantitative estimate of drug-likeness (QED) is 0.573. The molecule has 0 spiro atoms. The van der Waals surface area contributed by atoms with Gasteiger partial charge in [0.05, 0.1) is 17.9 Å². The van der Waals surface area contributed by atoms with Gasteiger partial charge in [0.15, 0.2) is 0 Å². The fourth-order valence-electron chi connectivity index (χ4n) is 3.99. The number of pyridine rings is 1. The van der Waals surface area contributed by atoms with Crippen molar-refractivity contribution >= 4 is 11.8 Å². The minimum atomic E-state index is -4.39. The lowest BCUT2D eigenvalue weighted by Gasteiger charge is -2.32. The Bertz CT molecular complexity index is 1070. The maximum absolute atomic E-state index is 13.3. The van der Waals surface area contributed by atoms with E-state index in [1.807, 2.05) is 12.1 Å². The van der Waals surface area contributed by atoms with Gasteiger partial charge in [-0.15, -0.1) is 0 Å². The molecule has 3 heterocycles. The highest BCUT2D eigenvalue weighted by Gasteiger charge is 2.30. The minimum Gasteiger partial charge on any atom is -0.493 e. The third-order valence-electron chi connectivity index (χ3n) is 5.30. The van der Waals surface area contributed by atoms with Crippen LogP contribution in [0.4, 0.5) is 13.2 Å². The van der Waals surface area contributed by atoms with Gasteiger partial charge in [-0.1, -0.05) is 6.42 Å². The van der Waals surface area contributed by atoms with E-state index in [0.29, 0.717) is 0 Å². The fraction of sp³-hybridized carbons (Fsp3) is 0.333. The van der Waals surface area contributed by atoms with Crippen LogP contribution in [0, 0.1) is 0 Å². The van der Waals surface area contributed by atoms with E-state index in [0.717, 1.165) is 35.9 Å². The molecule has 0 amide bonds. The normalized spacial score (nSPS) is 18.1. The zero-order valence-corrected chi connectivity index (χ0v) is 17.2. The molecule has 1 aromatic carbocycles. The standard InChI is InChI=1S/C21H21F3N4O2S/c22-21(23,24)31-16-6-4-15(5-7-16)28-18(29)13-27(20(28)30)19(14-8-11-25-12-9-14)17-3-1-2-10-26-17/h4-9,11-13,17,19,26,29H,1-3,10H2. The molecule has 1 aliphatic heterocycles. The first-order chi connectivity index (χ1) is 14.8. The molecule has 0 bridgehead atoms. The van der Waals surface area contributed by atoms with Crippen molar-refractivity contribution in [1.82, 2.24) is 19.4 Å². The predicted octanol–water partition coefficient (Wildman–Crippen LogP) is 4.08. The molecule has 0 radical (unpaired) electrons. The number of hydrogen-bond donors (Lipinski definition) is 2. The van der Waals surface area contributed by atoms with Crippen molar-refractivity contribution in [3.63, 3.8) is 0 Å². The molecule has 1 saturated heterocycles. The Hall–Kier alpha value is -2.72. The molecule has 0 aliphatic carbocycles. The van der Waals surface area contributed by atoms with Crippen molar-refractivity contribution in [2.75, 3.05) is 6.54 Å². The van der Waals surface area contributed by atoms with Gasteiger partial charge in [0.2, 0.25) is 5.88 Å². The Morgan fingerprint density at radius 3 is 2.45 bits per heavy atom. The summed E-state index contributed by atoms with van der Waals surface area (Å²) in [6.45, 7) is 0.839. The van der Waals surface area contributed by atoms with Crippen LogP contribution in [0.25, 0.3) is 5.69 Å². The number of nitrogens with one attached hydrogen (secondary N) is 1. The Morgan fingerprint density at radius 1 is 1.13 bits per heavy atom. The average molecular weight is 450 g/mol. The third-order valence-corrected chi connectivity index (χ3v) is 6.04. The van der Waals surface area contributed by atoms with E-state index in [9.17, 15) is 23.1 Å². The maximum atomic E-state index is 13.3. The topological polar surface area (TPSA) is 72.1 Å². The molecular formula is C21H21F3N4O2S. The van der Waals surface area contributed by atoms with Gasteiger partial charge in [0.25, 0.3) is 0 Å². The van der Waals surface area contributed by atoms with Crippen LogP contribution >= 0.6 is 11.8 Å². The molecule has 164 valence electrons. The van der Waals surface area contributed by atoms with Crippen molar-refractivity contribution < 1.29 is 18.3 Å². The van der Waals surface area contributed by atoms with E-state index in [2.05, 4.69) is 10.3 Å². The molecule has 2 aromatic heterocycles. The van der Waals surface area contributed by atoms with Crippen molar-refractivity contribution in [3.05, 3.63) is 71.0 Å². The van der Waals surface area contributed by atoms with Crippen LogP contribution in [0.3, 0.4) is 0 Å². The van der Waals surface area contributed by atoms with Crippen molar-refractivity contribution in [1.29, 1.82) is 0 Å². The van der Waals surface area contributed by atoms with Gasteiger partial charge in [0.1, 0.15) is 0 Å². The van der Waals surface area contributed by atoms with E-state index in [1.54, 1.807) is 12.4 Å². The zero-order chi connectivity index (χ0) is 22.0. The number of hydrogen-bond acceptors (Lipinski definition) is 5. The first-order valence-electron chi connectivity index (χ1n) is 9.86. The monoisotopic (exact) mass is 450 g/mol. The number of imidazole rings is 1. The summed E-state index contributed by atoms with van der Waals surface area (Å²) >= 11 is -0.230. The SMILES string of the molecule is O=c1n(C(c2ccncc2)C2CCCCN2)cc(O)n1-c1ccc(SC(F)(F)F)cc1. The van der Waals surface area contributed by atoms with Crippen LogP contribution < -0.4 is 11.0 Å². The highest BCUT2D eigenvalue weighted by atomic mass is 32.2.